The molecule has 166 valence electrons. The Kier molecular flexibility index (Phi) is 5.82. The van der Waals surface area contributed by atoms with Crippen LogP contribution in [-0.4, -0.2) is 42.9 Å². The molecule has 3 heterocycles. The van der Waals surface area contributed by atoms with Gasteiger partial charge in [0, 0.05) is 59.6 Å². The molecule has 1 aliphatic carbocycles. The monoisotopic (exact) mass is 434 g/mol. The van der Waals surface area contributed by atoms with E-state index in [4.69, 9.17) is 0 Å². The molecule has 4 atom stereocenters. The Morgan fingerprint density at radius 3 is 3.00 bits per heavy atom. The summed E-state index contributed by atoms with van der Waals surface area (Å²) in [6, 6.07) is 11.3. The van der Waals surface area contributed by atoms with Crippen molar-refractivity contribution in [3.8, 4) is 0 Å². The van der Waals surface area contributed by atoms with E-state index in [1.165, 1.54) is 6.07 Å². The van der Waals surface area contributed by atoms with E-state index in [1.54, 1.807) is 17.0 Å². The zero-order chi connectivity index (χ0) is 22.1. The van der Waals surface area contributed by atoms with Crippen LogP contribution < -0.4 is 10.6 Å². The number of pyridine rings is 2. The SMILES string of the molecule is C[C@@H](N[C@H]1CC[C@H](NCc2cc3cccnc3cc2F)[C@H](O)C1)c1cccn2ncnc12. The van der Waals surface area contributed by atoms with Crippen LogP contribution in [0.2, 0.25) is 0 Å². The van der Waals surface area contributed by atoms with Gasteiger partial charge in [-0.1, -0.05) is 12.1 Å². The number of aliphatic hydroxyl groups is 1. The van der Waals surface area contributed by atoms with Crippen LogP contribution in [0.15, 0.2) is 55.1 Å². The molecule has 0 saturated heterocycles. The number of nitrogens with zero attached hydrogens (tertiary/aromatic N) is 4. The van der Waals surface area contributed by atoms with Crippen LogP contribution in [0.3, 0.4) is 0 Å². The Morgan fingerprint density at radius 2 is 2.12 bits per heavy atom. The van der Waals surface area contributed by atoms with E-state index in [1.807, 2.05) is 30.5 Å². The van der Waals surface area contributed by atoms with Crippen molar-refractivity contribution in [1.82, 2.24) is 30.2 Å². The lowest BCUT2D eigenvalue weighted by Crippen LogP contribution is -2.49. The first-order valence-corrected chi connectivity index (χ1v) is 11.1. The van der Waals surface area contributed by atoms with Gasteiger partial charge in [-0.25, -0.2) is 13.9 Å². The van der Waals surface area contributed by atoms with Gasteiger partial charge in [0.25, 0.3) is 0 Å². The van der Waals surface area contributed by atoms with Crippen LogP contribution in [0.4, 0.5) is 4.39 Å². The number of fused-ring (bicyclic) bond motifs is 2. The summed E-state index contributed by atoms with van der Waals surface area (Å²) in [5, 5.41) is 22.9. The second-order valence-corrected chi connectivity index (χ2v) is 8.58. The van der Waals surface area contributed by atoms with Crippen molar-refractivity contribution in [3.05, 3.63) is 72.1 Å². The Bertz CT molecular complexity index is 1230. The fourth-order valence-electron chi connectivity index (χ4n) is 4.70. The maximum atomic E-state index is 14.5. The van der Waals surface area contributed by atoms with E-state index in [2.05, 4.69) is 38.7 Å². The van der Waals surface area contributed by atoms with Crippen LogP contribution in [0.25, 0.3) is 16.6 Å². The third-order valence-corrected chi connectivity index (χ3v) is 6.43. The quantitative estimate of drug-likeness (QED) is 0.432. The molecule has 1 aliphatic rings. The number of hydrogen-bond donors (Lipinski definition) is 3. The van der Waals surface area contributed by atoms with Gasteiger partial charge in [-0.05, 0) is 44.4 Å². The molecule has 0 aliphatic heterocycles. The number of rotatable bonds is 6. The molecule has 5 rings (SSSR count). The predicted molar refractivity (Wildman–Crippen MR) is 121 cm³/mol. The standard InChI is InChI=1S/C24H27FN6O/c1-15(19-5-3-9-31-24(19)28-14-29-31)30-18-6-7-21(23(32)11-18)27-13-17-10-16-4-2-8-26-22(16)12-20(17)25/h2-5,8-10,12,14-15,18,21,23,27,30,32H,6-7,11,13H2,1H3/t15-,18+,21+,23-/m1/s1. The molecular weight excluding hydrogens is 407 g/mol. The number of aromatic nitrogens is 4. The molecule has 7 nitrogen and oxygen atoms in total. The lowest BCUT2D eigenvalue weighted by molar-refractivity contribution is 0.0723. The lowest BCUT2D eigenvalue weighted by Gasteiger charge is -2.35. The molecule has 8 heteroatoms. The number of aliphatic hydroxyl groups excluding tert-OH is 1. The first-order valence-electron chi connectivity index (χ1n) is 11.1. The topological polar surface area (TPSA) is 87.4 Å². The summed E-state index contributed by atoms with van der Waals surface area (Å²) in [7, 11) is 0. The molecular formula is C24H27FN6O. The first-order chi connectivity index (χ1) is 15.6. The summed E-state index contributed by atoms with van der Waals surface area (Å²) in [5.74, 6) is -0.273. The molecule has 1 fully saturated rings. The average Bonchev–Trinajstić information content (AvgIpc) is 3.27. The van der Waals surface area contributed by atoms with Gasteiger partial charge < -0.3 is 15.7 Å². The molecule has 0 radical (unpaired) electrons. The van der Waals surface area contributed by atoms with Gasteiger partial charge in [-0.15, -0.1) is 0 Å². The van der Waals surface area contributed by atoms with Crippen LogP contribution in [0.1, 0.15) is 43.4 Å². The van der Waals surface area contributed by atoms with Gasteiger partial charge in [-0.3, -0.25) is 4.98 Å². The van der Waals surface area contributed by atoms with E-state index in [-0.39, 0.29) is 23.9 Å². The molecule has 0 amide bonds. The van der Waals surface area contributed by atoms with E-state index >= 15 is 0 Å². The number of halogens is 1. The largest absolute Gasteiger partial charge is 0.391 e. The summed E-state index contributed by atoms with van der Waals surface area (Å²) in [6.45, 7) is 2.49. The first kappa shape index (κ1) is 20.9. The molecule has 32 heavy (non-hydrogen) atoms. The average molecular weight is 435 g/mol. The van der Waals surface area contributed by atoms with Gasteiger partial charge in [0.05, 0.1) is 11.6 Å². The van der Waals surface area contributed by atoms with Gasteiger partial charge in [0.2, 0.25) is 0 Å². The van der Waals surface area contributed by atoms with Crippen LogP contribution in [-0.2, 0) is 6.54 Å². The van der Waals surface area contributed by atoms with Crippen molar-refractivity contribution in [3.63, 3.8) is 0 Å². The van der Waals surface area contributed by atoms with Crippen LogP contribution in [0.5, 0.6) is 0 Å². The normalized spacial score (nSPS) is 22.4. The number of benzene rings is 1. The zero-order valence-electron chi connectivity index (χ0n) is 17.9. The van der Waals surface area contributed by atoms with Crippen molar-refractivity contribution in [2.75, 3.05) is 0 Å². The zero-order valence-corrected chi connectivity index (χ0v) is 17.9. The van der Waals surface area contributed by atoms with Crippen LogP contribution in [0, 0.1) is 5.82 Å². The Balaban J connectivity index is 1.19. The van der Waals surface area contributed by atoms with E-state index in [0.29, 0.717) is 24.0 Å². The highest BCUT2D eigenvalue weighted by atomic mass is 19.1. The molecule has 3 N–H and O–H groups in total. The molecule has 3 aromatic heterocycles. The van der Waals surface area contributed by atoms with Crippen molar-refractivity contribution in [2.24, 2.45) is 0 Å². The summed E-state index contributed by atoms with van der Waals surface area (Å²) >= 11 is 0. The van der Waals surface area contributed by atoms with E-state index in [0.717, 1.165) is 29.4 Å². The second-order valence-electron chi connectivity index (χ2n) is 8.58. The smallest absolute Gasteiger partial charge is 0.159 e. The minimum Gasteiger partial charge on any atom is -0.391 e. The Morgan fingerprint density at radius 1 is 1.22 bits per heavy atom. The molecule has 1 saturated carbocycles. The van der Waals surface area contributed by atoms with E-state index < -0.39 is 6.10 Å². The Hall–Kier alpha value is -2.94. The fraction of sp³-hybridized carbons (Fsp3) is 0.375. The third kappa shape index (κ3) is 4.21. The van der Waals surface area contributed by atoms with Gasteiger partial charge in [0.1, 0.15) is 12.1 Å². The van der Waals surface area contributed by atoms with E-state index in [9.17, 15) is 9.50 Å². The summed E-state index contributed by atoms with van der Waals surface area (Å²) in [5.41, 5.74) is 3.17. The fourth-order valence-corrected chi connectivity index (χ4v) is 4.70. The van der Waals surface area contributed by atoms with Gasteiger partial charge >= 0.3 is 0 Å². The highest BCUT2D eigenvalue weighted by Gasteiger charge is 2.30. The number of hydrogen-bond acceptors (Lipinski definition) is 6. The van der Waals surface area contributed by atoms with Gasteiger partial charge in [0.15, 0.2) is 5.65 Å². The maximum absolute atomic E-state index is 14.5. The van der Waals surface area contributed by atoms with Crippen LogP contribution >= 0.6 is 0 Å². The molecule has 0 spiro atoms. The lowest BCUT2D eigenvalue weighted by atomic mass is 9.87. The molecule has 4 aromatic rings. The minimum atomic E-state index is -0.498. The van der Waals surface area contributed by atoms with Gasteiger partial charge in [-0.2, -0.15) is 5.10 Å². The highest BCUT2D eigenvalue weighted by Crippen LogP contribution is 2.25. The predicted octanol–water partition coefficient (Wildman–Crippen LogP) is 3.14. The molecule has 1 aromatic carbocycles. The van der Waals surface area contributed by atoms with Crippen molar-refractivity contribution in [2.45, 2.75) is 57.0 Å². The van der Waals surface area contributed by atoms with Crippen molar-refractivity contribution >= 4 is 16.6 Å². The minimum absolute atomic E-state index is 0.0627. The maximum Gasteiger partial charge on any atom is 0.159 e. The molecule has 0 bridgehead atoms. The summed E-state index contributed by atoms with van der Waals surface area (Å²) in [6.07, 6.45) is 6.99. The summed E-state index contributed by atoms with van der Waals surface area (Å²) < 4.78 is 16.2. The number of nitrogens with one attached hydrogen (secondary N) is 2. The Labute approximate surface area is 185 Å². The second kappa shape index (κ2) is 8.90. The molecule has 0 unspecified atom stereocenters. The van der Waals surface area contributed by atoms with Crippen molar-refractivity contribution in [1.29, 1.82) is 0 Å². The summed E-state index contributed by atoms with van der Waals surface area (Å²) in [4.78, 5) is 8.55. The highest BCUT2D eigenvalue weighted by molar-refractivity contribution is 5.79. The third-order valence-electron chi connectivity index (χ3n) is 6.43. The van der Waals surface area contributed by atoms with Crippen molar-refractivity contribution < 1.29 is 9.50 Å².